The Morgan fingerprint density at radius 3 is 2.94 bits per heavy atom. The zero-order chi connectivity index (χ0) is 22.2. The first-order valence-electron chi connectivity index (χ1n) is 10.6. The second-order valence-corrected chi connectivity index (χ2v) is 9.56. The molecule has 1 aliphatic rings. The van der Waals surface area contributed by atoms with Gasteiger partial charge in [0.25, 0.3) is 5.91 Å². The highest BCUT2D eigenvalue weighted by molar-refractivity contribution is 7.75. The number of thiol groups is 1. The van der Waals surface area contributed by atoms with Crippen molar-refractivity contribution in [2.45, 2.75) is 39.2 Å². The molecule has 0 saturated heterocycles. The van der Waals surface area contributed by atoms with Crippen LogP contribution < -0.4 is 10.1 Å². The molecule has 1 amide bonds. The average Bonchev–Trinajstić information content (AvgIpc) is 2.76. The predicted molar refractivity (Wildman–Crippen MR) is 129 cm³/mol. The number of hydrogen-bond donors (Lipinski definition) is 2. The third-order valence-electron chi connectivity index (χ3n) is 5.20. The van der Waals surface area contributed by atoms with E-state index in [1.807, 2.05) is 25.1 Å². The van der Waals surface area contributed by atoms with Crippen molar-refractivity contribution >= 4 is 33.8 Å². The molecule has 0 aromatic heterocycles. The Bertz CT molecular complexity index is 1030. The number of hydrogen-bond acceptors (Lipinski definition) is 4. The van der Waals surface area contributed by atoms with E-state index in [0.717, 1.165) is 42.0 Å². The van der Waals surface area contributed by atoms with Crippen molar-refractivity contribution in [1.82, 2.24) is 0 Å². The summed E-state index contributed by atoms with van der Waals surface area (Å²) in [5.41, 5.74) is 3.49. The number of rotatable bonds is 5. The number of benzene rings is 2. The number of nitrogens with one attached hydrogen (secondary N) is 1. The van der Waals surface area contributed by atoms with Gasteiger partial charge < -0.3 is 10.1 Å². The number of anilines is 1. The highest BCUT2D eigenvalue weighted by Crippen LogP contribution is 2.29. The fourth-order valence-corrected chi connectivity index (χ4v) is 4.82. The Labute approximate surface area is 191 Å². The molecule has 7 heteroatoms. The van der Waals surface area contributed by atoms with Gasteiger partial charge in [0.15, 0.2) is 0 Å². The van der Waals surface area contributed by atoms with Crippen LogP contribution >= 0.6 is 11.6 Å². The van der Waals surface area contributed by atoms with Gasteiger partial charge in [0, 0.05) is 33.5 Å². The van der Waals surface area contributed by atoms with Crippen molar-refractivity contribution in [1.29, 1.82) is 0 Å². The van der Waals surface area contributed by atoms with Crippen LogP contribution in [0, 0.1) is 5.92 Å². The molecule has 3 rings (SSSR count). The summed E-state index contributed by atoms with van der Waals surface area (Å²) in [6.07, 6.45) is 5.41. The lowest BCUT2D eigenvalue weighted by Gasteiger charge is -2.14. The van der Waals surface area contributed by atoms with Gasteiger partial charge in [-0.1, -0.05) is 30.7 Å². The van der Waals surface area contributed by atoms with E-state index in [9.17, 15) is 9.00 Å². The maximum Gasteiger partial charge on any atom is 0.284 e. The molecule has 0 aliphatic carbocycles. The normalized spacial score (nSPS) is 15.9. The van der Waals surface area contributed by atoms with E-state index in [1.165, 1.54) is 5.56 Å². The molecule has 5 nitrogen and oxygen atoms in total. The molecule has 1 heterocycles. The van der Waals surface area contributed by atoms with Crippen molar-refractivity contribution in [3.8, 4) is 5.75 Å². The van der Waals surface area contributed by atoms with E-state index in [4.69, 9.17) is 16.3 Å². The van der Waals surface area contributed by atoms with Crippen LogP contribution in [0.5, 0.6) is 5.75 Å². The van der Waals surface area contributed by atoms with E-state index in [-0.39, 0.29) is 5.92 Å². The Balaban J connectivity index is 1.82. The van der Waals surface area contributed by atoms with Crippen molar-refractivity contribution < 1.29 is 13.7 Å². The summed E-state index contributed by atoms with van der Waals surface area (Å²) < 4.78 is 22.1. The smallest absolute Gasteiger partial charge is 0.284 e. The molecular formula is C24H29ClN2O3S. The molecule has 166 valence electrons. The maximum atomic E-state index is 12.6. The van der Waals surface area contributed by atoms with Gasteiger partial charge >= 0.3 is 0 Å². The van der Waals surface area contributed by atoms with Gasteiger partial charge in [-0.3, -0.25) is 9.00 Å². The second-order valence-electron chi connectivity index (χ2n) is 7.85. The number of carbonyl (C=O) groups excluding carboxylic acids is 1. The summed E-state index contributed by atoms with van der Waals surface area (Å²) in [5, 5.41) is 4.12. The van der Waals surface area contributed by atoms with E-state index in [0.29, 0.717) is 30.2 Å². The minimum atomic E-state index is -1.95. The van der Waals surface area contributed by atoms with Crippen molar-refractivity contribution in [3.63, 3.8) is 0 Å². The molecule has 1 aliphatic heterocycles. The summed E-state index contributed by atoms with van der Waals surface area (Å²) in [7, 11) is -1.95. The number of aryl methyl sites for hydroxylation is 1. The van der Waals surface area contributed by atoms with Crippen molar-refractivity contribution in [2.24, 2.45) is 10.3 Å². The summed E-state index contributed by atoms with van der Waals surface area (Å²) in [6.45, 7) is 6.84. The van der Waals surface area contributed by atoms with Crippen LogP contribution in [0.15, 0.2) is 53.4 Å². The van der Waals surface area contributed by atoms with Gasteiger partial charge in [-0.05, 0) is 73.1 Å². The summed E-state index contributed by atoms with van der Waals surface area (Å²) in [6, 6.07) is 11.1. The molecular weight excluding hydrogens is 432 g/mol. The SMILES string of the molecule is C=CC[C@H](C)C/[SH](=O)=N/C(=O)c1ccc2c(c1)NCc1ccc(Cl)cc1CCCCO2. The molecule has 1 N–H and O–H groups in total. The monoisotopic (exact) mass is 460 g/mol. The first-order chi connectivity index (χ1) is 15.0. The molecule has 31 heavy (non-hydrogen) atoms. The number of fused-ring (bicyclic) bond motifs is 2. The van der Waals surface area contributed by atoms with E-state index in [2.05, 4.69) is 16.3 Å². The molecule has 1 unspecified atom stereocenters. The van der Waals surface area contributed by atoms with Crippen LogP contribution in [0.3, 0.4) is 0 Å². The van der Waals surface area contributed by atoms with E-state index in [1.54, 1.807) is 24.3 Å². The number of ether oxygens (including phenoxy) is 1. The Morgan fingerprint density at radius 1 is 1.29 bits per heavy atom. The summed E-state index contributed by atoms with van der Waals surface area (Å²) in [5.74, 6) is 0.767. The zero-order valence-electron chi connectivity index (χ0n) is 17.8. The number of halogens is 1. The number of carbonyl (C=O) groups is 1. The van der Waals surface area contributed by atoms with Crippen LogP contribution in [-0.2, 0) is 23.6 Å². The van der Waals surface area contributed by atoms with Gasteiger partial charge in [-0.2, -0.15) is 4.36 Å². The van der Waals surface area contributed by atoms with Gasteiger partial charge in [-0.25, -0.2) is 0 Å². The molecule has 0 bridgehead atoms. The quantitative estimate of drug-likeness (QED) is 0.444. The number of amides is 1. The molecule has 0 spiro atoms. The molecule has 0 fully saturated rings. The highest BCUT2D eigenvalue weighted by Gasteiger charge is 2.13. The molecule has 2 aromatic rings. The fourth-order valence-electron chi connectivity index (χ4n) is 3.54. The minimum Gasteiger partial charge on any atom is -0.491 e. The summed E-state index contributed by atoms with van der Waals surface area (Å²) >= 11 is 6.18. The minimum absolute atomic E-state index is 0.175. The average molecular weight is 461 g/mol. The standard InChI is InChI=1S/C24H29ClN2O3S/c1-3-6-17(2)16-31(29)27-24(28)19-9-11-23-22(14-19)26-15-20-8-10-21(25)13-18(20)7-4-5-12-30-23/h3,8-11,13-14,17,26,31H,1,4-7,12,15-16H2,2H3/t17-/m0/s1. The maximum absolute atomic E-state index is 12.6. The second kappa shape index (κ2) is 11.3. The first-order valence-corrected chi connectivity index (χ1v) is 12.3. The lowest BCUT2D eigenvalue weighted by molar-refractivity contribution is 0.100. The Morgan fingerprint density at radius 2 is 2.13 bits per heavy atom. The van der Waals surface area contributed by atoms with Gasteiger partial charge in [-0.15, -0.1) is 6.58 Å². The Hall–Kier alpha value is -2.31. The number of allylic oxidation sites excluding steroid dienone is 1. The summed E-state index contributed by atoms with van der Waals surface area (Å²) in [4.78, 5) is 12.6. The number of nitrogens with zero attached hydrogens (tertiary/aromatic N) is 1. The fraction of sp³-hybridized carbons (Fsp3) is 0.375. The molecule has 0 saturated carbocycles. The van der Waals surface area contributed by atoms with E-state index >= 15 is 0 Å². The van der Waals surface area contributed by atoms with Crippen molar-refractivity contribution in [3.05, 3.63) is 70.8 Å². The van der Waals surface area contributed by atoms with Crippen LogP contribution in [0.25, 0.3) is 0 Å². The van der Waals surface area contributed by atoms with Crippen LogP contribution in [0.1, 0.15) is 47.7 Å². The predicted octanol–water partition coefficient (Wildman–Crippen LogP) is 5.68. The zero-order valence-corrected chi connectivity index (χ0v) is 19.4. The molecule has 2 aromatic carbocycles. The van der Waals surface area contributed by atoms with Crippen LogP contribution in [-0.4, -0.2) is 22.5 Å². The van der Waals surface area contributed by atoms with Gasteiger partial charge in [0.2, 0.25) is 0 Å². The van der Waals surface area contributed by atoms with E-state index < -0.39 is 16.5 Å². The van der Waals surface area contributed by atoms with Crippen LogP contribution in [0.4, 0.5) is 5.69 Å². The molecule has 2 atom stereocenters. The van der Waals surface area contributed by atoms with Crippen LogP contribution in [0.2, 0.25) is 5.02 Å². The molecule has 0 radical (unpaired) electrons. The third-order valence-corrected chi connectivity index (χ3v) is 6.78. The Kier molecular flexibility index (Phi) is 8.55. The lowest BCUT2D eigenvalue weighted by Crippen LogP contribution is -2.07. The van der Waals surface area contributed by atoms with Gasteiger partial charge in [0.1, 0.15) is 5.75 Å². The lowest BCUT2D eigenvalue weighted by atomic mass is 10.0. The largest absolute Gasteiger partial charge is 0.491 e. The van der Waals surface area contributed by atoms with Gasteiger partial charge in [0.05, 0.1) is 12.3 Å². The third kappa shape index (κ3) is 6.84. The highest BCUT2D eigenvalue weighted by atomic mass is 35.5. The van der Waals surface area contributed by atoms with Crippen molar-refractivity contribution in [2.75, 3.05) is 17.7 Å². The first kappa shape index (κ1) is 23.4. The topological polar surface area (TPSA) is 67.8 Å².